The second-order valence-corrected chi connectivity index (χ2v) is 35.3. The molecule has 15 heteroatoms. The molecule has 26 atom stereocenters. The highest BCUT2D eigenvalue weighted by Crippen LogP contribution is 2.70. The number of allylic oxidation sites excluding steroid dienone is 2. The number of fused-ring (bicyclic) bond motifs is 18. The molecule has 11 saturated carbocycles. The molecule has 6 N–H and O–H groups in total. The number of aliphatic carboxylic acids is 4. The van der Waals surface area contributed by atoms with Crippen LogP contribution in [-0.2, 0) is 43.2 Å². The summed E-state index contributed by atoms with van der Waals surface area (Å²) in [7, 11) is 0. The smallest absolute Gasteiger partial charge is 0.307 e. The number of carbonyl (C=O) groups is 9. The molecule has 15 nitrogen and oxygen atoms in total. The summed E-state index contributed by atoms with van der Waals surface area (Å²) in [6, 6.07) is 0.497. The van der Waals surface area contributed by atoms with E-state index >= 15 is 0 Å². The van der Waals surface area contributed by atoms with E-state index in [1.54, 1.807) is 0 Å². The Balaban J connectivity index is 0.000000118. The molecule has 0 aromatic heterocycles. The molecule has 2 amide bonds. The van der Waals surface area contributed by atoms with Crippen molar-refractivity contribution in [1.82, 2.24) is 10.6 Å². The Kier molecular flexibility index (Phi) is 17.9. The van der Waals surface area contributed by atoms with E-state index in [1.807, 2.05) is 6.08 Å². The maximum atomic E-state index is 12.6. The first kappa shape index (κ1) is 67.3. The van der Waals surface area contributed by atoms with E-state index in [2.05, 4.69) is 78.2 Å². The van der Waals surface area contributed by atoms with Gasteiger partial charge in [-0.3, -0.25) is 38.4 Å². The lowest BCUT2D eigenvalue weighted by Gasteiger charge is -2.60. The number of carboxylic acid groups (broad SMARTS) is 4. The van der Waals surface area contributed by atoms with Gasteiger partial charge < -0.3 is 35.9 Å². The first-order valence-corrected chi connectivity index (χ1v) is 36.8. The van der Waals surface area contributed by atoms with Crippen molar-refractivity contribution < 1.29 is 63.6 Å². The number of piperidine rings is 2. The third kappa shape index (κ3) is 10.7. The minimum absolute atomic E-state index is 0.00490. The first-order chi connectivity index (χ1) is 43.4. The molecule has 13 fully saturated rings. The Morgan fingerprint density at radius 2 is 0.870 bits per heavy atom. The predicted molar refractivity (Wildman–Crippen MR) is 347 cm³/mol. The van der Waals surface area contributed by atoms with Crippen molar-refractivity contribution >= 4 is 53.5 Å². The van der Waals surface area contributed by atoms with Gasteiger partial charge in [-0.2, -0.15) is 0 Å². The van der Waals surface area contributed by atoms with Crippen LogP contribution in [0.3, 0.4) is 0 Å². The van der Waals surface area contributed by atoms with E-state index in [0.717, 1.165) is 160 Å². The van der Waals surface area contributed by atoms with Crippen LogP contribution in [0.25, 0.3) is 0 Å². The van der Waals surface area contributed by atoms with Crippen molar-refractivity contribution in [3.8, 4) is 0 Å². The van der Waals surface area contributed by atoms with Crippen LogP contribution >= 0.6 is 0 Å². The average Bonchev–Trinajstić information content (AvgIpc) is 1.45. The van der Waals surface area contributed by atoms with Gasteiger partial charge in [-0.1, -0.05) is 73.1 Å². The standard InChI is InChI=1S/C20H28O3.C19H29NO3.C19H27NO3.C19H28O4/c1-19-9-7-13(21)11-12(19)3-4-14-15-5-6-17(18(22)23)20(15,2)10-8-16(14)19;2*1-18-9-7-13-11(12(18)4-5-14(18)17(22)23)3-6-15-19(13,2)10-8-16(21)20-15;1-18-10-8-14-12(13(18)5-6-15(18)17(22)23)4-7-16(21)19(14,2)9-3-11-20/h11,14-17H,3-10H2,1-2H3,(H,22,23);11-15H,3-10H2,1-2H3,(H,20,21)(H,22,23);3,6,11-15H,4-5,7-10H2,1-2H3,(H,20,21)(H,22,23);11-15H,3-10H2,1-2H3,(H,22,23)/t14?,15?,16?,17-,19+,20+;11?,12?,13?,14-,15-,18+,19-;11?,12?,13?,14-,15?,18+,19-;12?,13?,14?,15-,18+,19-/m1111/s1. The number of carbonyl (C=O) groups excluding carboxylic acids is 5. The molecule has 2 heterocycles. The minimum Gasteiger partial charge on any atom is -0.481 e. The monoisotopic (exact) mass is 1270 g/mol. The number of Topliss-reactive ketones (excluding diaryl/α,β-unsaturated/α-hetero) is 1. The fourth-order valence-corrected chi connectivity index (χ4v) is 26.9. The zero-order valence-electron chi connectivity index (χ0n) is 56.9. The fraction of sp³-hybridized carbons (Fsp3) is 0.831. The van der Waals surface area contributed by atoms with Crippen LogP contribution in [0.1, 0.15) is 248 Å². The van der Waals surface area contributed by atoms with Gasteiger partial charge in [0, 0.05) is 43.6 Å². The largest absolute Gasteiger partial charge is 0.481 e. The van der Waals surface area contributed by atoms with Crippen LogP contribution in [0.5, 0.6) is 0 Å². The van der Waals surface area contributed by atoms with Gasteiger partial charge >= 0.3 is 23.9 Å². The molecule has 13 unspecified atom stereocenters. The van der Waals surface area contributed by atoms with Crippen LogP contribution in [-0.4, -0.2) is 86.1 Å². The number of carboxylic acids is 4. The van der Waals surface area contributed by atoms with E-state index in [0.29, 0.717) is 127 Å². The Bertz CT molecular complexity index is 3040. The number of amides is 2. The van der Waals surface area contributed by atoms with E-state index < -0.39 is 23.9 Å². The molecule has 2 saturated heterocycles. The van der Waals surface area contributed by atoms with Gasteiger partial charge in [0.05, 0.1) is 29.7 Å². The third-order valence-electron chi connectivity index (χ3n) is 32.3. The summed E-state index contributed by atoms with van der Waals surface area (Å²) in [5.41, 5.74) is 1.38. The molecule has 2 aliphatic heterocycles. The average molecular weight is 1270 g/mol. The van der Waals surface area contributed by atoms with Crippen molar-refractivity contribution in [3.63, 3.8) is 0 Å². The molecular weight excluding hydrogens is 1160 g/mol. The molecule has 0 aromatic carbocycles. The SMILES string of the molecule is C[C@]1(CCC=O)C(=O)CCC2C1CC[C@@]1(C)C2CC[C@@H]1C(=O)O.C[C@]12CCC(=O)C=C1CCC1C2CC[C@@]2(C)C1CC[C@@H]2C(=O)O.C[C@]12CCC(=O)NC1C=CC1C2CC[C@@]2(C)C1CC[C@@H]2C(=O)O.C[C@]12CCC3C(CC[C@H]4NC(=O)CC[C@]34C)C1CC[C@@H]2C(=O)O. The quantitative estimate of drug-likeness (QED) is 0.103. The molecule has 0 spiro atoms. The number of nitrogens with one attached hydrogen (secondary N) is 2. The third-order valence-corrected chi connectivity index (χ3v) is 32.3. The van der Waals surface area contributed by atoms with Gasteiger partial charge in [0.25, 0.3) is 0 Å². The van der Waals surface area contributed by atoms with Gasteiger partial charge in [0.1, 0.15) is 12.1 Å². The summed E-state index contributed by atoms with van der Waals surface area (Å²) in [5.74, 6) is 4.39. The van der Waals surface area contributed by atoms with E-state index in [1.165, 1.54) is 5.57 Å². The van der Waals surface area contributed by atoms with Crippen molar-refractivity contribution in [1.29, 1.82) is 0 Å². The normalized spacial score (nSPS) is 49.6. The second kappa shape index (κ2) is 24.4. The summed E-state index contributed by atoms with van der Waals surface area (Å²) < 4.78 is 0. The van der Waals surface area contributed by atoms with E-state index in [4.69, 9.17) is 0 Å². The minimum atomic E-state index is -0.649. The zero-order valence-corrected chi connectivity index (χ0v) is 56.9. The summed E-state index contributed by atoms with van der Waals surface area (Å²) >= 11 is 0. The number of hydrogen-bond acceptors (Lipinski definition) is 9. The molecule has 92 heavy (non-hydrogen) atoms. The van der Waals surface area contributed by atoms with Crippen molar-refractivity contribution in [2.24, 2.45) is 138 Å². The van der Waals surface area contributed by atoms with Crippen LogP contribution in [0.2, 0.25) is 0 Å². The topological polar surface area (TPSA) is 259 Å². The van der Waals surface area contributed by atoms with Crippen molar-refractivity contribution in [2.75, 3.05) is 0 Å². The van der Waals surface area contributed by atoms with E-state index in [-0.39, 0.29) is 84.8 Å². The fourth-order valence-electron chi connectivity index (χ4n) is 26.9. The lowest BCUT2D eigenvalue weighted by Crippen LogP contribution is -2.61. The molecule has 0 bridgehead atoms. The molecule has 15 rings (SSSR count). The van der Waals surface area contributed by atoms with Crippen LogP contribution in [0, 0.1) is 138 Å². The Morgan fingerprint density at radius 1 is 0.435 bits per heavy atom. The second-order valence-electron chi connectivity index (χ2n) is 35.3. The summed E-state index contributed by atoms with van der Waals surface area (Å²) in [6.07, 6.45) is 35.2. The molecule has 508 valence electrons. The Labute approximate surface area is 547 Å². The molecule has 0 radical (unpaired) electrons. The van der Waals surface area contributed by atoms with Gasteiger partial charge in [0.2, 0.25) is 11.8 Å². The molecule has 13 aliphatic carbocycles. The maximum Gasteiger partial charge on any atom is 0.307 e. The Hall–Kier alpha value is -4.69. The van der Waals surface area contributed by atoms with Crippen LogP contribution in [0.4, 0.5) is 0 Å². The van der Waals surface area contributed by atoms with Crippen LogP contribution in [0.15, 0.2) is 23.8 Å². The van der Waals surface area contributed by atoms with Crippen LogP contribution < -0.4 is 10.6 Å². The summed E-state index contributed by atoms with van der Waals surface area (Å²) in [4.78, 5) is 106. The highest BCUT2D eigenvalue weighted by Gasteiger charge is 2.66. The Morgan fingerprint density at radius 3 is 1.41 bits per heavy atom. The number of ketones is 2. The maximum absolute atomic E-state index is 12.6. The number of hydrogen-bond donors (Lipinski definition) is 6. The number of aldehydes is 1. The number of rotatable bonds is 7. The molecular formula is C77H112N2O13. The highest BCUT2D eigenvalue weighted by atomic mass is 16.4. The lowest BCUT2D eigenvalue weighted by atomic mass is 9.47. The van der Waals surface area contributed by atoms with Crippen molar-refractivity contribution in [2.45, 2.75) is 260 Å². The van der Waals surface area contributed by atoms with Gasteiger partial charge in [-0.15, -0.1) is 0 Å². The van der Waals surface area contributed by atoms with Gasteiger partial charge in [-0.25, -0.2) is 0 Å². The van der Waals surface area contributed by atoms with Crippen molar-refractivity contribution in [3.05, 3.63) is 23.8 Å². The zero-order chi connectivity index (χ0) is 66.0. The molecule has 0 aromatic rings. The van der Waals surface area contributed by atoms with Gasteiger partial charge in [0.15, 0.2) is 5.78 Å². The summed E-state index contributed by atoms with van der Waals surface area (Å²) in [6.45, 7) is 18.0. The lowest BCUT2D eigenvalue weighted by molar-refractivity contribution is -0.154. The predicted octanol–water partition coefficient (Wildman–Crippen LogP) is 13.9. The highest BCUT2D eigenvalue weighted by molar-refractivity contribution is 5.91. The van der Waals surface area contributed by atoms with Gasteiger partial charge in [-0.05, 0) is 276 Å². The first-order valence-electron chi connectivity index (χ1n) is 36.8. The summed E-state index contributed by atoms with van der Waals surface area (Å²) in [5, 5.41) is 44.9. The molecule has 15 aliphatic rings. The van der Waals surface area contributed by atoms with E-state index in [9.17, 15) is 63.6 Å².